The monoisotopic (exact) mass is 213 g/mol. The summed E-state index contributed by atoms with van der Waals surface area (Å²) in [6.45, 7) is 4.94. The largest absolute Gasteiger partial charge is 0.391 e. The summed E-state index contributed by atoms with van der Waals surface area (Å²) in [5, 5.41) is 13.7. The Balaban J connectivity index is 1.85. The number of hydrogen-bond acceptors (Lipinski definition) is 3. The van der Waals surface area contributed by atoms with Gasteiger partial charge in [-0.1, -0.05) is 6.92 Å². The van der Waals surface area contributed by atoms with Crippen LogP contribution < -0.4 is 5.32 Å². The van der Waals surface area contributed by atoms with Gasteiger partial charge in [0.15, 0.2) is 0 Å². The summed E-state index contributed by atoms with van der Waals surface area (Å²) in [6.07, 6.45) is 4.35. The maximum atomic E-state index is 10.3. The van der Waals surface area contributed by atoms with Crippen LogP contribution in [0.3, 0.4) is 0 Å². The van der Waals surface area contributed by atoms with Crippen molar-refractivity contribution >= 4 is 0 Å². The molecule has 0 radical (unpaired) electrons. The molecule has 0 spiro atoms. The van der Waals surface area contributed by atoms with E-state index in [9.17, 15) is 5.11 Å². The summed E-state index contributed by atoms with van der Waals surface area (Å²) in [5.41, 5.74) is 0. The molecule has 0 bridgehead atoms. The number of ether oxygens (including phenoxy) is 1. The lowest BCUT2D eigenvalue weighted by atomic mass is 9.84. The van der Waals surface area contributed by atoms with E-state index >= 15 is 0 Å². The average molecular weight is 213 g/mol. The fourth-order valence-corrected chi connectivity index (χ4v) is 2.77. The molecule has 88 valence electrons. The standard InChI is InChI=1S/C12H23NO2/c1-9-4-5-13-11(7-9)12(14)10-3-2-6-15-8-10/h9-14H,2-8H2,1H3. The molecule has 2 rings (SSSR count). The lowest BCUT2D eigenvalue weighted by Gasteiger charge is -2.36. The van der Waals surface area contributed by atoms with Gasteiger partial charge in [0, 0.05) is 18.6 Å². The SMILES string of the molecule is CC1CCNC(C(O)C2CCCOC2)C1. The van der Waals surface area contributed by atoms with Gasteiger partial charge in [-0.15, -0.1) is 0 Å². The van der Waals surface area contributed by atoms with Crippen molar-refractivity contribution in [3.05, 3.63) is 0 Å². The average Bonchev–Trinajstić information content (AvgIpc) is 2.29. The van der Waals surface area contributed by atoms with Crippen LogP contribution in [-0.4, -0.2) is 37.0 Å². The summed E-state index contributed by atoms with van der Waals surface area (Å²) in [5.74, 6) is 1.09. The summed E-state index contributed by atoms with van der Waals surface area (Å²) < 4.78 is 5.43. The third-order valence-corrected chi connectivity index (χ3v) is 3.79. The van der Waals surface area contributed by atoms with Crippen molar-refractivity contribution in [1.29, 1.82) is 0 Å². The van der Waals surface area contributed by atoms with Crippen molar-refractivity contribution in [2.75, 3.05) is 19.8 Å². The van der Waals surface area contributed by atoms with E-state index in [4.69, 9.17) is 4.74 Å². The van der Waals surface area contributed by atoms with E-state index in [0.717, 1.165) is 44.9 Å². The molecule has 0 aromatic rings. The summed E-state index contributed by atoms with van der Waals surface area (Å²) in [6, 6.07) is 0.292. The fourth-order valence-electron chi connectivity index (χ4n) is 2.77. The molecule has 2 fully saturated rings. The zero-order valence-electron chi connectivity index (χ0n) is 9.61. The van der Waals surface area contributed by atoms with Gasteiger partial charge >= 0.3 is 0 Å². The summed E-state index contributed by atoms with van der Waals surface area (Å²) in [4.78, 5) is 0. The molecule has 0 saturated carbocycles. The Kier molecular flexibility index (Phi) is 4.00. The number of hydrogen-bond donors (Lipinski definition) is 2. The van der Waals surface area contributed by atoms with Crippen molar-refractivity contribution in [3.8, 4) is 0 Å². The van der Waals surface area contributed by atoms with Crippen LogP contribution in [0, 0.1) is 11.8 Å². The molecule has 3 heteroatoms. The molecular weight excluding hydrogens is 190 g/mol. The molecule has 0 aromatic heterocycles. The van der Waals surface area contributed by atoms with E-state index in [1.807, 2.05) is 0 Å². The Morgan fingerprint density at radius 2 is 2.27 bits per heavy atom. The normalized spacial score (nSPS) is 40.0. The Labute approximate surface area is 92.2 Å². The second-order valence-electron chi connectivity index (χ2n) is 5.16. The van der Waals surface area contributed by atoms with E-state index in [1.165, 1.54) is 6.42 Å². The van der Waals surface area contributed by atoms with Crippen LogP contribution in [0.2, 0.25) is 0 Å². The van der Waals surface area contributed by atoms with E-state index in [-0.39, 0.29) is 6.10 Å². The van der Waals surface area contributed by atoms with Gasteiger partial charge in [0.25, 0.3) is 0 Å². The first-order valence-corrected chi connectivity index (χ1v) is 6.26. The van der Waals surface area contributed by atoms with Crippen molar-refractivity contribution in [2.45, 2.75) is 44.8 Å². The molecule has 2 saturated heterocycles. The Morgan fingerprint density at radius 1 is 1.40 bits per heavy atom. The molecule has 0 aromatic carbocycles. The maximum absolute atomic E-state index is 10.3. The van der Waals surface area contributed by atoms with Crippen LogP contribution in [-0.2, 0) is 4.74 Å². The lowest BCUT2D eigenvalue weighted by Crippen LogP contribution is -2.49. The second-order valence-corrected chi connectivity index (χ2v) is 5.16. The highest BCUT2D eigenvalue weighted by molar-refractivity contribution is 4.86. The van der Waals surface area contributed by atoms with E-state index in [0.29, 0.717) is 12.0 Å². The quantitative estimate of drug-likeness (QED) is 0.723. The molecule has 0 amide bonds. The van der Waals surface area contributed by atoms with Crippen molar-refractivity contribution < 1.29 is 9.84 Å². The highest BCUT2D eigenvalue weighted by atomic mass is 16.5. The maximum Gasteiger partial charge on any atom is 0.0743 e. The van der Waals surface area contributed by atoms with Crippen LogP contribution in [0.4, 0.5) is 0 Å². The van der Waals surface area contributed by atoms with Gasteiger partial charge in [-0.25, -0.2) is 0 Å². The van der Waals surface area contributed by atoms with Gasteiger partial charge in [-0.3, -0.25) is 0 Å². The smallest absolute Gasteiger partial charge is 0.0743 e. The van der Waals surface area contributed by atoms with Gasteiger partial charge in [-0.05, 0) is 38.1 Å². The first-order valence-electron chi connectivity index (χ1n) is 6.26. The number of rotatable bonds is 2. The number of aliphatic hydroxyl groups excluding tert-OH is 1. The number of piperidine rings is 1. The first kappa shape index (κ1) is 11.4. The molecule has 3 nitrogen and oxygen atoms in total. The summed E-state index contributed by atoms with van der Waals surface area (Å²) in [7, 11) is 0. The Hall–Kier alpha value is -0.120. The Bertz CT molecular complexity index is 192. The van der Waals surface area contributed by atoms with E-state index < -0.39 is 0 Å². The topological polar surface area (TPSA) is 41.5 Å². The second kappa shape index (κ2) is 5.28. The third-order valence-electron chi connectivity index (χ3n) is 3.79. The van der Waals surface area contributed by atoms with Crippen molar-refractivity contribution in [2.24, 2.45) is 11.8 Å². The zero-order valence-corrected chi connectivity index (χ0v) is 9.61. The first-order chi connectivity index (χ1) is 7.27. The highest BCUT2D eigenvalue weighted by Crippen LogP contribution is 2.25. The van der Waals surface area contributed by atoms with Gasteiger partial charge < -0.3 is 15.2 Å². The van der Waals surface area contributed by atoms with Crippen LogP contribution in [0.1, 0.15) is 32.6 Å². The minimum Gasteiger partial charge on any atom is -0.391 e. The van der Waals surface area contributed by atoms with E-state index in [1.54, 1.807) is 0 Å². The molecule has 2 aliphatic heterocycles. The molecule has 15 heavy (non-hydrogen) atoms. The molecule has 4 atom stereocenters. The van der Waals surface area contributed by atoms with Gasteiger partial charge in [0.05, 0.1) is 12.7 Å². The van der Waals surface area contributed by atoms with Crippen LogP contribution in [0.25, 0.3) is 0 Å². The minimum atomic E-state index is -0.215. The van der Waals surface area contributed by atoms with Gasteiger partial charge in [0.2, 0.25) is 0 Å². The molecule has 4 unspecified atom stereocenters. The fraction of sp³-hybridized carbons (Fsp3) is 1.00. The molecule has 2 N–H and O–H groups in total. The van der Waals surface area contributed by atoms with Crippen LogP contribution in [0.5, 0.6) is 0 Å². The predicted molar refractivity (Wildman–Crippen MR) is 59.7 cm³/mol. The van der Waals surface area contributed by atoms with Gasteiger partial charge in [-0.2, -0.15) is 0 Å². The number of aliphatic hydroxyl groups is 1. The highest BCUT2D eigenvalue weighted by Gasteiger charge is 2.31. The third kappa shape index (κ3) is 2.92. The Morgan fingerprint density at radius 3 is 2.93 bits per heavy atom. The minimum absolute atomic E-state index is 0.215. The van der Waals surface area contributed by atoms with E-state index in [2.05, 4.69) is 12.2 Å². The molecule has 2 aliphatic rings. The molecular formula is C12H23NO2. The molecule has 0 aliphatic carbocycles. The predicted octanol–water partition coefficient (Wildman–Crippen LogP) is 1.16. The van der Waals surface area contributed by atoms with Crippen molar-refractivity contribution in [1.82, 2.24) is 5.32 Å². The van der Waals surface area contributed by atoms with Crippen LogP contribution in [0.15, 0.2) is 0 Å². The zero-order chi connectivity index (χ0) is 10.7. The van der Waals surface area contributed by atoms with Crippen molar-refractivity contribution in [3.63, 3.8) is 0 Å². The van der Waals surface area contributed by atoms with Crippen LogP contribution >= 0.6 is 0 Å². The lowest BCUT2D eigenvalue weighted by molar-refractivity contribution is -0.0299. The van der Waals surface area contributed by atoms with Gasteiger partial charge in [0.1, 0.15) is 0 Å². The summed E-state index contributed by atoms with van der Waals surface area (Å²) >= 11 is 0. The number of nitrogens with one attached hydrogen (secondary N) is 1. The molecule has 2 heterocycles.